The maximum atomic E-state index is 5.99. The van der Waals surface area contributed by atoms with Crippen molar-refractivity contribution in [3.8, 4) is 0 Å². The fraction of sp³-hybridized carbons (Fsp3) is 0.0667. The quantitative estimate of drug-likeness (QED) is 0.793. The molecule has 0 aliphatic heterocycles. The van der Waals surface area contributed by atoms with Gasteiger partial charge in [0, 0.05) is 23.4 Å². The first-order valence-electron chi connectivity index (χ1n) is 6.07. The molecular weight excluding hydrogens is 258 g/mol. The van der Waals surface area contributed by atoms with Gasteiger partial charge >= 0.3 is 0 Å². The van der Waals surface area contributed by atoms with Gasteiger partial charge in [-0.1, -0.05) is 17.7 Å². The molecule has 0 aliphatic rings. The van der Waals surface area contributed by atoms with E-state index in [2.05, 4.69) is 15.3 Å². The van der Waals surface area contributed by atoms with Crippen LogP contribution < -0.4 is 10.3 Å². The van der Waals surface area contributed by atoms with Gasteiger partial charge in [0.25, 0.3) is 0 Å². The van der Waals surface area contributed by atoms with Crippen LogP contribution in [0.1, 0.15) is 5.69 Å². The lowest BCUT2D eigenvalue weighted by molar-refractivity contribution is -0.344. The predicted molar refractivity (Wildman–Crippen MR) is 77.1 cm³/mol. The van der Waals surface area contributed by atoms with Crippen molar-refractivity contribution in [1.82, 2.24) is 4.98 Å². The first-order chi connectivity index (χ1) is 9.33. The molecule has 1 aromatic carbocycles. The van der Waals surface area contributed by atoms with E-state index in [1.165, 1.54) is 0 Å². The topological polar surface area (TPSA) is 39.1 Å². The van der Waals surface area contributed by atoms with Crippen LogP contribution in [0.3, 0.4) is 0 Å². The molecule has 0 amide bonds. The van der Waals surface area contributed by atoms with Crippen LogP contribution in [0.2, 0.25) is 5.02 Å². The number of fused-ring (bicyclic) bond motifs is 1. The van der Waals surface area contributed by atoms with Crippen LogP contribution in [0.15, 0.2) is 54.9 Å². The van der Waals surface area contributed by atoms with Crippen molar-refractivity contribution >= 4 is 28.2 Å². The third kappa shape index (κ3) is 2.66. The molecule has 2 aromatic heterocycles. The van der Waals surface area contributed by atoms with Crippen molar-refractivity contribution in [2.75, 3.05) is 5.32 Å². The van der Waals surface area contributed by atoms with Crippen molar-refractivity contribution in [1.29, 1.82) is 0 Å². The third-order valence-electron chi connectivity index (χ3n) is 2.95. The van der Waals surface area contributed by atoms with E-state index in [1.54, 1.807) is 6.20 Å². The van der Waals surface area contributed by atoms with Gasteiger partial charge in [0.2, 0.25) is 5.52 Å². The normalized spacial score (nSPS) is 10.6. The molecule has 0 spiro atoms. The Labute approximate surface area is 116 Å². The number of H-pyrrole nitrogens is 1. The first kappa shape index (κ1) is 11.9. The van der Waals surface area contributed by atoms with Crippen molar-refractivity contribution in [2.45, 2.75) is 6.54 Å². The molecule has 0 atom stereocenters. The molecule has 0 aliphatic carbocycles. The van der Waals surface area contributed by atoms with Gasteiger partial charge in [-0.25, -0.2) is 4.98 Å². The number of aromatic nitrogens is 2. The van der Waals surface area contributed by atoms with Gasteiger partial charge in [0.05, 0.1) is 23.3 Å². The van der Waals surface area contributed by atoms with E-state index in [-0.39, 0.29) is 0 Å². The predicted octanol–water partition coefficient (Wildman–Crippen LogP) is 3.31. The summed E-state index contributed by atoms with van der Waals surface area (Å²) in [6.45, 7) is 0.697. The van der Waals surface area contributed by atoms with E-state index in [4.69, 9.17) is 11.6 Å². The molecule has 2 heterocycles. The zero-order valence-corrected chi connectivity index (χ0v) is 11.0. The fourth-order valence-corrected chi connectivity index (χ4v) is 2.19. The average molecular weight is 271 g/mol. The molecule has 94 valence electrons. The van der Waals surface area contributed by atoms with Crippen LogP contribution in [0, 0.1) is 0 Å². The minimum Gasteiger partial charge on any atom is -0.379 e. The second kappa shape index (κ2) is 5.24. The van der Waals surface area contributed by atoms with Gasteiger partial charge in [0.15, 0.2) is 6.20 Å². The Bertz CT molecular complexity index is 698. The third-order valence-corrected chi connectivity index (χ3v) is 3.18. The van der Waals surface area contributed by atoms with Crippen LogP contribution in [0.25, 0.3) is 10.9 Å². The Morgan fingerprint density at radius 1 is 1.16 bits per heavy atom. The lowest BCUT2D eigenvalue weighted by atomic mass is 10.2. The molecule has 19 heavy (non-hydrogen) atoms. The van der Waals surface area contributed by atoms with Crippen molar-refractivity contribution in [3.63, 3.8) is 0 Å². The molecule has 0 radical (unpaired) electrons. The molecule has 3 nitrogen and oxygen atoms in total. The summed E-state index contributed by atoms with van der Waals surface area (Å²) in [6.07, 6.45) is 3.70. The molecule has 0 bridgehead atoms. The van der Waals surface area contributed by atoms with Gasteiger partial charge in [-0.3, -0.25) is 4.98 Å². The zero-order chi connectivity index (χ0) is 13.1. The summed E-state index contributed by atoms with van der Waals surface area (Å²) >= 11 is 5.99. The molecular formula is C15H13ClN3+. The first-order valence-corrected chi connectivity index (χ1v) is 6.44. The number of benzene rings is 1. The Morgan fingerprint density at radius 2 is 2.11 bits per heavy atom. The van der Waals surface area contributed by atoms with Crippen LogP contribution >= 0.6 is 11.6 Å². The standard InChI is InChI=1S/C15H12ClN3/c16-11-4-5-13-14(6-8-18-15(13)9-11)19-10-12-3-1-2-7-17-12/h1-9H,10H2,(H,18,19)/p+1. The van der Waals surface area contributed by atoms with Crippen molar-refractivity contribution in [2.24, 2.45) is 0 Å². The maximum Gasteiger partial charge on any atom is 0.214 e. The van der Waals surface area contributed by atoms with Crippen LogP contribution in [-0.4, -0.2) is 4.98 Å². The lowest BCUT2D eigenvalue weighted by Crippen LogP contribution is -2.07. The highest BCUT2D eigenvalue weighted by molar-refractivity contribution is 6.31. The van der Waals surface area contributed by atoms with Gasteiger partial charge in [-0.2, -0.15) is 0 Å². The lowest BCUT2D eigenvalue weighted by Gasteiger charge is -2.06. The van der Waals surface area contributed by atoms with E-state index < -0.39 is 0 Å². The van der Waals surface area contributed by atoms with Crippen molar-refractivity contribution < 1.29 is 4.98 Å². The Hall–Kier alpha value is -2.13. The SMILES string of the molecule is Clc1ccc2c(NCc3ccccn3)cc[nH+]c2c1. The molecule has 0 fully saturated rings. The summed E-state index contributed by atoms with van der Waals surface area (Å²) < 4.78 is 0. The van der Waals surface area contributed by atoms with E-state index in [0.717, 1.165) is 27.3 Å². The molecule has 4 heteroatoms. The molecule has 3 aromatic rings. The molecule has 0 saturated carbocycles. The smallest absolute Gasteiger partial charge is 0.214 e. The summed E-state index contributed by atoms with van der Waals surface area (Å²) in [5.41, 5.74) is 3.09. The number of nitrogens with one attached hydrogen (secondary N) is 2. The minimum atomic E-state index is 0.697. The molecule has 2 N–H and O–H groups in total. The molecule has 0 saturated heterocycles. The number of pyridine rings is 2. The summed E-state index contributed by atoms with van der Waals surface area (Å²) in [6, 6.07) is 13.7. The molecule has 0 unspecified atom stereocenters. The van der Waals surface area contributed by atoms with Gasteiger partial charge < -0.3 is 5.32 Å². The highest BCUT2D eigenvalue weighted by Crippen LogP contribution is 2.22. The summed E-state index contributed by atoms with van der Waals surface area (Å²) in [4.78, 5) is 7.49. The molecule has 3 rings (SSSR count). The van der Waals surface area contributed by atoms with Gasteiger partial charge in [-0.05, 0) is 24.3 Å². The summed E-state index contributed by atoms with van der Waals surface area (Å²) in [5, 5.41) is 5.24. The number of halogens is 1. The number of anilines is 1. The van der Waals surface area contributed by atoms with E-state index in [0.29, 0.717) is 6.54 Å². The monoisotopic (exact) mass is 270 g/mol. The van der Waals surface area contributed by atoms with Crippen molar-refractivity contribution in [3.05, 3.63) is 65.6 Å². The summed E-state index contributed by atoms with van der Waals surface area (Å²) in [5.74, 6) is 0. The number of hydrogen-bond acceptors (Lipinski definition) is 2. The van der Waals surface area contributed by atoms with E-state index >= 15 is 0 Å². The Balaban J connectivity index is 1.89. The summed E-state index contributed by atoms with van der Waals surface area (Å²) in [7, 11) is 0. The average Bonchev–Trinajstić information content (AvgIpc) is 2.45. The van der Waals surface area contributed by atoms with Gasteiger partial charge in [-0.15, -0.1) is 0 Å². The second-order valence-electron chi connectivity index (χ2n) is 4.26. The Kier molecular flexibility index (Phi) is 3.29. The number of nitrogens with zero attached hydrogens (tertiary/aromatic N) is 1. The number of hydrogen-bond donors (Lipinski definition) is 1. The highest BCUT2D eigenvalue weighted by Gasteiger charge is 2.06. The largest absolute Gasteiger partial charge is 0.379 e. The maximum absolute atomic E-state index is 5.99. The number of rotatable bonds is 3. The van der Waals surface area contributed by atoms with Gasteiger partial charge in [0.1, 0.15) is 0 Å². The fourth-order valence-electron chi connectivity index (χ4n) is 2.02. The zero-order valence-electron chi connectivity index (χ0n) is 10.2. The second-order valence-corrected chi connectivity index (χ2v) is 4.69. The van der Waals surface area contributed by atoms with E-state index in [9.17, 15) is 0 Å². The minimum absolute atomic E-state index is 0.697. The highest BCUT2D eigenvalue weighted by atomic mass is 35.5. The Morgan fingerprint density at radius 3 is 2.95 bits per heavy atom. The van der Waals surface area contributed by atoms with E-state index in [1.807, 2.05) is 48.7 Å². The van der Waals surface area contributed by atoms with Crippen LogP contribution in [0.5, 0.6) is 0 Å². The van der Waals surface area contributed by atoms with Crippen LogP contribution in [0.4, 0.5) is 5.69 Å². The van der Waals surface area contributed by atoms with Crippen LogP contribution in [-0.2, 0) is 6.54 Å². The number of aromatic amines is 1.